The van der Waals surface area contributed by atoms with Crippen LogP contribution in [0.15, 0.2) is 41.2 Å². The highest BCUT2D eigenvalue weighted by Crippen LogP contribution is 2.12. The van der Waals surface area contributed by atoms with Crippen molar-refractivity contribution in [2.45, 2.75) is 0 Å². The van der Waals surface area contributed by atoms with Crippen LogP contribution < -0.4 is 4.90 Å². The Bertz CT molecular complexity index is 370. The van der Waals surface area contributed by atoms with Crippen LogP contribution in [0.2, 0.25) is 0 Å². The number of benzene rings is 1. The Labute approximate surface area is 68.6 Å². The van der Waals surface area contributed by atoms with Gasteiger partial charge in [-0.15, -0.1) is 0 Å². The highest BCUT2D eigenvalue weighted by atomic mass is 16.8. The molecule has 0 fully saturated rings. The zero-order chi connectivity index (χ0) is 8.39. The first kappa shape index (κ1) is 6.84. The maximum Gasteiger partial charge on any atom is 0.225 e. The normalized spacial score (nSPS) is 10.0. The standard InChI is InChI=1S/C8H6N2O2/c11-10-8(6-9-12-10)7-4-2-1-3-5-7/h1-6H. The molecule has 1 aromatic heterocycles. The molecule has 0 aliphatic rings. The third kappa shape index (κ3) is 1.03. The van der Waals surface area contributed by atoms with Gasteiger partial charge >= 0.3 is 0 Å². The van der Waals surface area contributed by atoms with Gasteiger partial charge in [-0.2, -0.15) is 0 Å². The average molecular weight is 162 g/mol. The summed E-state index contributed by atoms with van der Waals surface area (Å²) in [5, 5.41) is 14.3. The quantitative estimate of drug-likeness (QED) is 0.587. The average Bonchev–Trinajstić information content (AvgIpc) is 2.53. The summed E-state index contributed by atoms with van der Waals surface area (Å²) in [6.45, 7) is 0. The molecule has 1 heterocycles. The van der Waals surface area contributed by atoms with Crippen LogP contribution in [0, 0.1) is 5.21 Å². The van der Waals surface area contributed by atoms with Gasteiger partial charge in [0.1, 0.15) is 0 Å². The van der Waals surface area contributed by atoms with E-state index in [0.717, 1.165) is 5.56 Å². The van der Waals surface area contributed by atoms with Crippen LogP contribution in [0.4, 0.5) is 0 Å². The lowest BCUT2D eigenvalue weighted by Gasteiger charge is -1.93. The second-order valence-electron chi connectivity index (χ2n) is 2.32. The van der Waals surface area contributed by atoms with Crippen LogP contribution >= 0.6 is 0 Å². The summed E-state index contributed by atoms with van der Waals surface area (Å²) in [4.78, 5) is 0.384. The van der Waals surface area contributed by atoms with Crippen molar-refractivity contribution in [3.63, 3.8) is 0 Å². The highest BCUT2D eigenvalue weighted by molar-refractivity contribution is 5.54. The minimum atomic E-state index is 0.384. The Balaban J connectivity index is 2.51. The number of nitrogens with zero attached hydrogens (tertiary/aromatic N) is 2. The van der Waals surface area contributed by atoms with Gasteiger partial charge in [0.05, 0.1) is 0 Å². The van der Waals surface area contributed by atoms with E-state index >= 15 is 0 Å². The smallest absolute Gasteiger partial charge is 0.225 e. The minimum Gasteiger partial charge on any atom is -0.359 e. The maximum absolute atomic E-state index is 10.9. The molecule has 1 aromatic carbocycles. The molecule has 0 unspecified atom stereocenters. The van der Waals surface area contributed by atoms with Crippen molar-refractivity contribution in [3.05, 3.63) is 41.7 Å². The molecule has 4 nitrogen and oxygen atoms in total. The molecule has 12 heavy (non-hydrogen) atoms. The Morgan fingerprint density at radius 2 is 2.00 bits per heavy atom. The van der Waals surface area contributed by atoms with Crippen LogP contribution in [0.3, 0.4) is 0 Å². The molecule has 60 valence electrons. The molecule has 0 aliphatic carbocycles. The van der Waals surface area contributed by atoms with Crippen molar-refractivity contribution < 1.29 is 9.53 Å². The molecule has 0 atom stereocenters. The van der Waals surface area contributed by atoms with Crippen LogP contribution in [0.5, 0.6) is 0 Å². The van der Waals surface area contributed by atoms with Crippen LogP contribution in [0.25, 0.3) is 11.3 Å². The molecule has 0 saturated carbocycles. The van der Waals surface area contributed by atoms with Crippen molar-refractivity contribution in [1.82, 2.24) is 5.16 Å². The molecule has 2 rings (SSSR count). The SMILES string of the molecule is [O-][n+]1oncc1-c1ccccc1. The first-order valence-electron chi connectivity index (χ1n) is 3.48. The molecule has 0 spiro atoms. The van der Waals surface area contributed by atoms with Gasteiger partial charge < -0.3 is 5.21 Å². The van der Waals surface area contributed by atoms with Gasteiger partial charge in [-0.3, -0.25) is 4.63 Å². The van der Waals surface area contributed by atoms with E-state index in [9.17, 15) is 5.21 Å². The number of rotatable bonds is 1. The molecule has 4 heteroatoms. The van der Waals surface area contributed by atoms with Gasteiger partial charge in [-0.25, -0.2) is 0 Å². The van der Waals surface area contributed by atoms with E-state index in [1.807, 2.05) is 30.3 Å². The minimum absolute atomic E-state index is 0.384. The highest BCUT2D eigenvalue weighted by Gasteiger charge is 2.08. The van der Waals surface area contributed by atoms with Gasteiger partial charge in [0.15, 0.2) is 0 Å². The lowest BCUT2D eigenvalue weighted by molar-refractivity contribution is -0.793. The van der Waals surface area contributed by atoms with Crippen molar-refractivity contribution in [2.24, 2.45) is 0 Å². The monoisotopic (exact) mass is 162 g/mol. The van der Waals surface area contributed by atoms with E-state index in [2.05, 4.69) is 9.79 Å². The third-order valence-corrected chi connectivity index (χ3v) is 1.56. The van der Waals surface area contributed by atoms with E-state index in [1.54, 1.807) is 0 Å². The molecular weight excluding hydrogens is 156 g/mol. The fourth-order valence-corrected chi connectivity index (χ4v) is 0.996. The van der Waals surface area contributed by atoms with Crippen LogP contribution in [-0.4, -0.2) is 5.16 Å². The molecule has 0 saturated heterocycles. The summed E-state index contributed by atoms with van der Waals surface area (Å²) >= 11 is 0. The summed E-state index contributed by atoms with van der Waals surface area (Å²) in [5.41, 5.74) is 1.23. The fraction of sp³-hybridized carbons (Fsp3) is 0. The Morgan fingerprint density at radius 1 is 1.25 bits per heavy atom. The van der Waals surface area contributed by atoms with Gasteiger partial charge in [0.25, 0.3) is 0 Å². The van der Waals surface area contributed by atoms with Gasteiger partial charge in [-0.05, 0) is 4.90 Å². The summed E-state index contributed by atoms with van der Waals surface area (Å²) in [7, 11) is 0. The summed E-state index contributed by atoms with van der Waals surface area (Å²) in [6, 6.07) is 9.22. The van der Waals surface area contributed by atoms with E-state index in [1.165, 1.54) is 6.20 Å². The lowest BCUT2D eigenvalue weighted by atomic mass is 10.2. The molecule has 0 bridgehead atoms. The molecule has 2 aromatic rings. The van der Waals surface area contributed by atoms with E-state index < -0.39 is 0 Å². The molecule has 0 aliphatic heterocycles. The van der Waals surface area contributed by atoms with Crippen LogP contribution in [0.1, 0.15) is 0 Å². The molecule has 0 amide bonds. The topological polar surface area (TPSA) is 53.0 Å². The van der Waals surface area contributed by atoms with Crippen molar-refractivity contribution in [3.8, 4) is 11.3 Å². The van der Waals surface area contributed by atoms with Gasteiger partial charge in [-0.1, -0.05) is 30.3 Å². The van der Waals surface area contributed by atoms with E-state index in [0.29, 0.717) is 10.6 Å². The first-order chi connectivity index (χ1) is 5.88. The first-order valence-corrected chi connectivity index (χ1v) is 3.48. The van der Waals surface area contributed by atoms with E-state index in [4.69, 9.17) is 0 Å². The maximum atomic E-state index is 10.9. The predicted molar refractivity (Wildman–Crippen MR) is 40.9 cm³/mol. The summed E-state index contributed by atoms with van der Waals surface area (Å²) in [6.07, 6.45) is 1.39. The molecule has 0 N–H and O–H groups in total. The Kier molecular flexibility index (Phi) is 1.51. The number of aromatic nitrogens is 2. The number of hydrogen-bond donors (Lipinski definition) is 0. The zero-order valence-corrected chi connectivity index (χ0v) is 6.18. The second-order valence-corrected chi connectivity index (χ2v) is 2.32. The van der Waals surface area contributed by atoms with Crippen molar-refractivity contribution in [2.75, 3.05) is 0 Å². The molecule has 0 radical (unpaired) electrons. The Hall–Kier alpha value is -1.84. The summed E-state index contributed by atoms with van der Waals surface area (Å²) < 4.78 is 4.33. The molecular formula is C8H6N2O2. The van der Waals surface area contributed by atoms with Crippen LogP contribution in [-0.2, 0) is 0 Å². The second kappa shape index (κ2) is 2.65. The predicted octanol–water partition coefficient (Wildman–Crippen LogP) is 0.975. The lowest BCUT2D eigenvalue weighted by Crippen LogP contribution is -2.24. The zero-order valence-electron chi connectivity index (χ0n) is 6.18. The number of hydrogen-bond acceptors (Lipinski definition) is 3. The van der Waals surface area contributed by atoms with Gasteiger partial charge in [0.2, 0.25) is 11.9 Å². The van der Waals surface area contributed by atoms with Crippen molar-refractivity contribution >= 4 is 0 Å². The summed E-state index contributed by atoms with van der Waals surface area (Å²) in [5.74, 6) is 0. The fourth-order valence-electron chi connectivity index (χ4n) is 0.996. The largest absolute Gasteiger partial charge is 0.359 e. The Morgan fingerprint density at radius 3 is 2.58 bits per heavy atom. The van der Waals surface area contributed by atoms with E-state index in [-0.39, 0.29) is 0 Å². The third-order valence-electron chi connectivity index (χ3n) is 1.56. The van der Waals surface area contributed by atoms with Gasteiger partial charge in [0, 0.05) is 10.7 Å². The van der Waals surface area contributed by atoms with Crippen molar-refractivity contribution in [1.29, 1.82) is 0 Å².